The van der Waals surface area contributed by atoms with Gasteiger partial charge in [-0.2, -0.15) is 0 Å². The first-order valence-corrected chi connectivity index (χ1v) is 5.87. The van der Waals surface area contributed by atoms with Gasteiger partial charge in [-0.25, -0.2) is 0 Å². The van der Waals surface area contributed by atoms with E-state index in [9.17, 15) is 0 Å². The van der Waals surface area contributed by atoms with Crippen molar-refractivity contribution in [3.63, 3.8) is 0 Å². The maximum Gasteiger partial charge on any atom is 0.173 e. The van der Waals surface area contributed by atoms with E-state index in [1.54, 1.807) is 19.2 Å². The van der Waals surface area contributed by atoms with E-state index in [-0.39, 0.29) is 11.9 Å². The lowest BCUT2D eigenvalue weighted by Gasteiger charge is -2.13. The fourth-order valence-corrected chi connectivity index (χ4v) is 1.61. The molecular weight excluding hydrogens is 248 g/mol. The van der Waals surface area contributed by atoms with Crippen LogP contribution < -0.4 is 10.5 Å². The van der Waals surface area contributed by atoms with E-state index in [2.05, 4.69) is 5.16 Å². The maximum absolute atomic E-state index is 8.68. The second-order valence-electron chi connectivity index (χ2n) is 4.10. The Kier molecular flexibility index (Phi) is 6.11. The van der Waals surface area contributed by atoms with Gasteiger partial charge in [0.05, 0.1) is 32.0 Å². The summed E-state index contributed by atoms with van der Waals surface area (Å²) in [6.07, 6.45) is 0.0137. The molecule has 1 aromatic carbocycles. The SMILES string of the molecule is COCC(C)OCc1ccc(/C(N)=N/O)c(OC)c1. The number of methoxy groups -OCH3 is 2. The Balaban J connectivity index is 2.77. The summed E-state index contributed by atoms with van der Waals surface area (Å²) in [4.78, 5) is 0. The first-order chi connectivity index (χ1) is 9.12. The van der Waals surface area contributed by atoms with Gasteiger partial charge in [-0.05, 0) is 24.6 Å². The fraction of sp³-hybridized carbons (Fsp3) is 0.462. The van der Waals surface area contributed by atoms with E-state index in [0.717, 1.165) is 5.56 Å². The van der Waals surface area contributed by atoms with Crippen LogP contribution in [0.15, 0.2) is 23.4 Å². The Morgan fingerprint density at radius 1 is 1.42 bits per heavy atom. The molecule has 0 bridgehead atoms. The van der Waals surface area contributed by atoms with Crippen molar-refractivity contribution >= 4 is 5.84 Å². The van der Waals surface area contributed by atoms with Gasteiger partial charge in [0.25, 0.3) is 0 Å². The Hall–Kier alpha value is -1.79. The Labute approximate surface area is 112 Å². The molecule has 0 spiro atoms. The van der Waals surface area contributed by atoms with E-state index in [1.807, 2.05) is 13.0 Å². The maximum atomic E-state index is 8.68. The molecule has 0 saturated carbocycles. The minimum Gasteiger partial charge on any atom is -0.496 e. The number of ether oxygens (including phenoxy) is 3. The molecule has 106 valence electrons. The number of oxime groups is 1. The first-order valence-electron chi connectivity index (χ1n) is 5.87. The van der Waals surface area contributed by atoms with Crippen molar-refractivity contribution in [1.29, 1.82) is 0 Å². The lowest BCUT2D eigenvalue weighted by Crippen LogP contribution is -2.16. The van der Waals surface area contributed by atoms with E-state index in [4.69, 9.17) is 25.2 Å². The number of nitrogens with two attached hydrogens (primary N) is 1. The first kappa shape index (κ1) is 15.3. The van der Waals surface area contributed by atoms with Gasteiger partial charge in [0.1, 0.15) is 5.75 Å². The van der Waals surface area contributed by atoms with Crippen molar-refractivity contribution in [3.05, 3.63) is 29.3 Å². The van der Waals surface area contributed by atoms with Crippen molar-refractivity contribution in [2.24, 2.45) is 10.9 Å². The van der Waals surface area contributed by atoms with E-state index in [0.29, 0.717) is 24.5 Å². The number of rotatable bonds is 7. The molecule has 3 N–H and O–H groups in total. The van der Waals surface area contributed by atoms with E-state index >= 15 is 0 Å². The van der Waals surface area contributed by atoms with Gasteiger partial charge >= 0.3 is 0 Å². The van der Waals surface area contributed by atoms with Crippen molar-refractivity contribution in [1.82, 2.24) is 0 Å². The standard InChI is InChI=1S/C13H20N2O4/c1-9(7-17-2)19-8-10-4-5-11(13(14)15-16)12(6-10)18-3/h4-6,9,16H,7-8H2,1-3H3,(H2,14,15). The van der Waals surface area contributed by atoms with Gasteiger partial charge in [-0.15, -0.1) is 0 Å². The van der Waals surface area contributed by atoms with Gasteiger partial charge in [-0.1, -0.05) is 11.2 Å². The zero-order valence-electron chi connectivity index (χ0n) is 11.4. The summed E-state index contributed by atoms with van der Waals surface area (Å²) in [6, 6.07) is 5.37. The molecule has 1 rings (SSSR count). The van der Waals surface area contributed by atoms with Crippen LogP contribution in [0.2, 0.25) is 0 Å². The monoisotopic (exact) mass is 268 g/mol. The average Bonchev–Trinajstić information content (AvgIpc) is 2.44. The predicted molar refractivity (Wildman–Crippen MR) is 71.6 cm³/mol. The van der Waals surface area contributed by atoms with Crippen LogP contribution in [0.3, 0.4) is 0 Å². The number of amidine groups is 1. The third-order valence-corrected chi connectivity index (χ3v) is 2.59. The van der Waals surface area contributed by atoms with Crippen molar-refractivity contribution in [2.75, 3.05) is 20.8 Å². The van der Waals surface area contributed by atoms with Gasteiger partial charge in [-0.3, -0.25) is 0 Å². The van der Waals surface area contributed by atoms with Gasteiger partial charge in [0.15, 0.2) is 5.84 Å². The molecule has 0 aromatic heterocycles. The smallest absolute Gasteiger partial charge is 0.173 e. The molecule has 1 unspecified atom stereocenters. The second-order valence-corrected chi connectivity index (χ2v) is 4.10. The third-order valence-electron chi connectivity index (χ3n) is 2.59. The zero-order valence-corrected chi connectivity index (χ0v) is 11.4. The molecule has 0 aliphatic carbocycles. The summed E-state index contributed by atoms with van der Waals surface area (Å²) in [6.45, 7) is 2.92. The molecule has 0 aliphatic rings. The Morgan fingerprint density at radius 3 is 2.74 bits per heavy atom. The van der Waals surface area contributed by atoms with Crippen LogP contribution >= 0.6 is 0 Å². The topological polar surface area (TPSA) is 86.3 Å². The molecule has 1 atom stereocenters. The highest BCUT2D eigenvalue weighted by Gasteiger charge is 2.09. The molecule has 0 radical (unpaired) electrons. The number of hydrogen-bond acceptors (Lipinski definition) is 5. The summed E-state index contributed by atoms with van der Waals surface area (Å²) in [7, 11) is 3.16. The lowest BCUT2D eigenvalue weighted by molar-refractivity contribution is -0.000175. The van der Waals surface area contributed by atoms with Gasteiger partial charge in [0.2, 0.25) is 0 Å². The minimum absolute atomic E-state index is 0.0112. The van der Waals surface area contributed by atoms with E-state index in [1.165, 1.54) is 7.11 Å². The van der Waals surface area contributed by atoms with Crippen LogP contribution in [0.1, 0.15) is 18.1 Å². The molecule has 19 heavy (non-hydrogen) atoms. The lowest BCUT2D eigenvalue weighted by atomic mass is 10.1. The summed E-state index contributed by atoms with van der Waals surface area (Å²) in [5.41, 5.74) is 7.03. The second kappa shape index (κ2) is 7.60. The van der Waals surface area contributed by atoms with Crippen LogP contribution in [-0.4, -0.2) is 38.0 Å². The third kappa shape index (κ3) is 4.42. The van der Waals surface area contributed by atoms with Gasteiger partial charge < -0.3 is 25.2 Å². The quantitative estimate of drug-likeness (QED) is 0.337. The normalized spacial score (nSPS) is 13.3. The van der Waals surface area contributed by atoms with Crippen molar-refractivity contribution in [2.45, 2.75) is 19.6 Å². The molecule has 6 nitrogen and oxygen atoms in total. The molecule has 1 aromatic rings. The predicted octanol–water partition coefficient (Wildman–Crippen LogP) is 1.34. The summed E-state index contributed by atoms with van der Waals surface area (Å²) in [5.74, 6) is 0.549. The molecule has 6 heteroatoms. The zero-order chi connectivity index (χ0) is 14.3. The summed E-state index contributed by atoms with van der Waals surface area (Å²) < 4.78 is 15.8. The van der Waals surface area contributed by atoms with Crippen LogP contribution in [0.25, 0.3) is 0 Å². The number of nitrogens with zero attached hydrogens (tertiary/aromatic N) is 1. The van der Waals surface area contributed by atoms with Gasteiger partial charge in [0, 0.05) is 7.11 Å². The van der Waals surface area contributed by atoms with Crippen molar-refractivity contribution in [3.8, 4) is 5.75 Å². The molecule has 0 aliphatic heterocycles. The van der Waals surface area contributed by atoms with Crippen LogP contribution in [0.5, 0.6) is 5.75 Å². The van der Waals surface area contributed by atoms with Crippen LogP contribution in [0.4, 0.5) is 0 Å². The molecule has 0 saturated heterocycles. The Bertz CT molecular complexity index is 435. The van der Waals surface area contributed by atoms with Crippen molar-refractivity contribution < 1.29 is 19.4 Å². The average molecular weight is 268 g/mol. The largest absolute Gasteiger partial charge is 0.496 e. The number of hydrogen-bond donors (Lipinski definition) is 2. The minimum atomic E-state index is 0.0112. The fourth-order valence-electron chi connectivity index (χ4n) is 1.61. The summed E-state index contributed by atoms with van der Waals surface area (Å²) >= 11 is 0. The van der Waals surface area contributed by atoms with Crippen LogP contribution in [-0.2, 0) is 16.1 Å². The molecular formula is C13H20N2O4. The highest BCUT2D eigenvalue weighted by molar-refractivity contribution is 5.99. The number of benzene rings is 1. The highest BCUT2D eigenvalue weighted by Crippen LogP contribution is 2.20. The summed E-state index contributed by atoms with van der Waals surface area (Å²) in [5, 5.41) is 11.6. The Morgan fingerprint density at radius 2 is 2.16 bits per heavy atom. The molecule has 0 fully saturated rings. The van der Waals surface area contributed by atoms with E-state index < -0.39 is 0 Å². The molecule has 0 amide bonds. The molecule has 0 heterocycles. The highest BCUT2D eigenvalue weighted by atomic mass is 16.5. The van der Waals surface area contributed by atoms with Crippen LogP contribution in [0, 0.1) is 0 Å².